The Hall–Kier alpha value is -2.41. The summed E-state index contributed by atoms with van der Waals surface area (Å²) in [5, 5.41) is 0.319. The average molecular weight is 371 g/mol. The minimum atomic E-state index is -4.65. The molecule has 0 aliphatic heterocycles. The molecule has 3 rings (SSSR count). The van der Waals surface area contributed by atoms with Crippen LogP contribution >= 0.6 is 11.6 Å². The molecular weight excluding hydrogens is 360 g/mol. The van der Waals surface area contributed by atoms with E-state index in [2.05, 4.69) is 4.98 Å². The van der Waals surface area contributed by atoms with Gasteiger partial charge in [0.15, 0.2) is 0 Å². The van der Waals surface area contributed by atoms with Crippen molar-refractivity contribution in [2.45, 2.75) is 13.1 Å². The number of aryl methyl sites for hydroxylation is 1. The molecule has 0 aliphatic rings. The number of rotatable bonds is 1. The van der Waals surface area contributed by atoms with Gasteiger partial charge in [-0.2, -0.15) is 13.2 Å². The zero-order valence-corrected chi connectivity index (χ0v) is 13.8. The van der Waals surface area contributed by atoms with E-state index in [1.54, 1.807) is 6.92 Å². The molecule has 0 fully saturated rings. The molecule has 0 atom stereocenters. The Morgan fingerprint density at radius 2 is 1.80 bits per heavy atom. The zero-order chi connectivity index (χ0) is 18.5. The predicted octanol–water partition coefficient (Wildman–Crippen LogP) is 4.72. The standard InChI is InChI=1S/C17H11ClF4N2O/c1-8-23-15-12(6-10(18)7-13(15)16(25)24(8)2)11-4-3-9(5-14(11)19)17(20,21)22/h3-7H,1-2H3. The van der Waals surface area contributed by atoms with Gasteiger partial charge in [0.05, 0.1) is 16.5 Å². The normalized spacial score (nSPS) is 12.0. The maximum absolute atomic E-state index is 14.4. The quantitative estimate of drug-likeness (QED) is 0.581. The van der Waals surface area contributed by atoms with E-state index in [1.165, 1.54) is 23.7 Å². The molecular formula is C17H11ClF4N2O. The average Bonchev–Trinajstić information content (AvgIpc) is 2.52. The lowest BCUT2D eigenvalue weighted by Crippen LogP contribution is -2.20. The van der Waals surface area contributed by atoms with Crippen LogP contribution in [-0.2, 0) is 13.2 Å². The molecule has 1 aromatic heterocycles. The van der Waals surface area contributed by atoms with Crippen molar-refractivity contribution in [1.29, 1.82) is 0 Å². The number of hydrogen-bond acceptors (Lipinski definition) is 2. The summed E-state index contributed by atoms with van der Waals surface area (Å²) in [4.78, 5) is 16.7. The maximum Gasteiger partial charge on any atom is 0.416 e. The van der Waals surface area contributed by atoms with Gasteiger partial charge in [0, 0.05) is 23.2 Å². The Balaban J connectivity index is 2.35. The van der Waals surface area contributed by atoms with Crippen LogP contribution in [0.25, 0.3) is 22.0 Å². The van der Waals surface area contributed by atoms with Crippen LogP contribution in [-0.4, -0.2) is 9.55 Å². The van der Waals surface area contributed by atoms with Crippen LogP contribution in [0.1, 0.15) is 11.4 Å². The van der Waals surface area contributed by atoms with Gasteiger partial charge in [-0.05, 0) is 31.2 Å². The highest BCUT2D eigenvalue weighted by molar-refractivity contribution is 6.31. The van der Waals surface area contributed by atoms with Gasteiger partial charge in [0.2, 0.25) is 0 Å². The molecule has 0 aliphatic carbocycles. The van der Waals surface area contributed by atoms with Gasteiger partial charge in [-0.1, -0.05) is 17.7 Å². The van der Waals surface area contributed by atoms with E-state index in [9.17, 15) is 22.4 Å². The summed E-state index contributed by atoms with van der Waals surface area (Å²) in [6.07, 6.45) is -4.65. The molecule has 8 heteroatoms. The van der Waals surface area contributed by atoms with Crippen LogP contribution in [0, 0.1) is 12.7 Å². The van der Waals surface area contributed by atoms with Crippen LogP contribution < -0.4 is 5.56 Å². The third-order valence-corrected chi connectivity index (χ3v) is 4.17. The first-order valence-corrected chi connectivity index (χ1v) is 7.51. The Bertz CT molecular complexity index is 1060. The summed E-state index contributed by atoms with van der Waals surface area (Å²) in [6.45, 7) is 1.60. The van der Waals surface area contributed by atoms with Crippen LogP contribution in [0.4, 0.5) is 17.6 Å². The second-order valence-corrected chi connectivity index (χ2v) is 6.00. The molecule has 1 heterocycles. The number of alkyl halides is 3. The minimum Gasteiger partial charge on any atom is -0.299 e. The Morgan fingerprint density at radius 1 is 1.12 bits per heavy atom. The lowest BCUT2D eigenvalue weighted by atomic mass is 10.00. The molecule has 0 radical (unpaired) electrons. The van der Waals surface area contributed by atoms with E-state index >= 15 is 0 Å². The fourth-order valence-corrected chi connectivity index (χ4v) is 2.78. The van der Waals surface area contributed by atoms with E-state index in [4.69, 9.17) is 11.6 Å². The van der Waals surface area contributed by atoms with Crippen molar-refractivity contribution in [2.75, 3.05) is 0 Å². The predicted molar refractivity (Wildman–Crippen MR) is 87.1 cm³/mol. The van der Waals surface area contributed by atoms with Gasteiger partial charge in [-0.25, -0.2) is 9.37 Å². The van der Waals surface area contributed by atoms with Crippen molar-refractivity contribution in [3.8, 4) is 11.1 Å². The lowest BCUT2D eigenvalue weighted by molar-refractivity contribution is -0.137. The van der Waals surface area contributed by atoms with Crippen LogP contribution in [0.3, 0.4) is 0 Å². The topological polar surface area (TPSA) is 34.9 Å². The number of aromatic nitrogens is 2. The number of hydrogen-bond donors (Lipinski definition) is 0. The molecule has 0 unspecified atom stereocenters. The summed E-state index contributed by atoms with van der Waals surface area (Å²) in [5.41, 5.74) is -1.24. The summed E-state index contributed by atoms with van der Waals surface area (Å²) in [6, 6.07) is 4.98. The molecule has 0 amide bonds. The third-order valence-electron chi connectivity index (χ3n) is 3.96. The zero-order valence-electron chi connectivity index (χ0n) is 13.1. The molecule has 0 spiro atoms. The summed E-state index contributed by atoms with van der Waals surface area (Å²) in [7, 11) is 1.53. The third kappa shape index (κ3) is 3.00. The first kappa shape index (κ1) is 17.4. The SMILES string of the molecule is Cc1nc2c(-c3ccc(C(F)(F)F)cc3F)cc(Cl)cc2c(=O)n1C. The minimum absolute atomic E-state index is 0.111. The van der Waals surface area contributed by atoms with Crippen molar-refractivity contribution < 1.29 is 17.6 Å². The Labute approximate surface area is 144 Å². The van der Waals surface area contributed by atoms with Crippen LogP contribution in [0.5, 0.6) is 0 Å². The van der Waals surface area contributed by atoms with Crippen molar-refractivity contribution in [3.63, 3.8) is 0 Å². The molecule has 3 aromatic rings. The number of nitrogens with zero attached hydrogens (tertiary/aromatic N) is 2. The van der Waals surface area contributed by atoms with Crippen molar-refractivity contribution in [2.24, 2.45) is 7.05 Å². The molecule has 0 saturated carbocycles. The van der Waals surface area contributed by atoms with Crippen LogP contribution in [0.2, 0.25) is 5.02 Å². The Morgan fingerprint density at radius 3 is 2.40 bits per heavy atom. The van der Waals surface area contributed by atoms with E-state index in [0.717, 1.165) is 12.1 Å². The molecule has 0 N–H and O–H groups in total. The summed E-state index contributed by atoms with van der Waals surface area (Å²) >= 11 is 6.02. The first-order chi connectivity index (χ1) is 11.6. The smallest absolute Gasteiger partial charge is 0.299 e. The Kier molecular flexibility index (Phi) is 4.07. The maximum atomic E-state index is 14.4. The van der Waals surface area contributed by atoms with Gasteiger partial charge in [0.25, 0.3) is 5.56 Å². The van der Waals surface area contributed by atoms with E-state index in [1.807, 2.05) is 0 Å². The largest absolute Gasteiger partial charge is 0.416 e. The number of fused-ring (bicyclic) bond motifs is 1. The van der Waals surface area contributed by atoms with Crippen molar-refractivity contribution >= 4 is 22.5 Å². The highest BCUT2D eigenvalue weighted by Gasteiger charge is 2.31. The first-order valence-electron chi connectivity index (χ1n) is 7.13. The van der Waals surface area contributed by atoms with Gasteiger partial charge >= 0.3 is 6.18 Å². The van der Waals surface area contributed by atoms with E-state index in [0.29, 0.717) is 11.9 Å². The molecule has 130 valence electrons. The van der Waals surface area contributed by atoms with E-state index in [-0.39, 0.29) is 32.6 Å². The molecule has 2 aromatic carbocycles. The van der Waals surface area contributed by atoms with Gasteiger partial charge in [0.1, 0.15) is 11.6 Å². The van der Waals surface area contributed by atoms with Gasteiger partial charge in [-0.3, -0.25) is 9.36 Å². The van der Waals surface area contributed by atoms with Crippen molar-refractivity contribution in [3.05, 3.63) is 62.9 Å². The second-order valence-electron chi connectivity index (χ2n) is 5.57. The lowest BCUT2D eigenvalue weighted by Gasteiger charge is -2.13. The van der Waals surface area contributed by atoms with Crippen LogP contribution in [0.15, 0.2) is 35.1 Å². The molecule has 0 bridgehead atoms. The monoisotopic (exact) mass is 370 g/mol. The summed E-state index contributed by atoms with van der Waals surface area (Å²) in [5.74, 6) is -0.688. The van der Waals surface area contributed by atoms with Gasteiger partial charge < -0.3 is 0 Å². The van der Waals surface area contributed by atoms with Gasteiger partial charge in [-0.15, -0.1) is 0 Å². The number of benzene rings is 2. The number of halogens is 5. The summed E-state index contributed by atoms with van der Waals surface area (Å²) < 4.78 is 53.8. The molecule has 0 saturated heterocycles. The highest BCUT2D eigenvalue weighted by Crippen LogP contribution is 2.35. The van der Waals surface area contributed by atoms with Crippen molar-refractivity contribution in [1.82, 2.24) is 9.55 Å². The molecule has 25 heavy (non-hydrogen) atoms. The fourth-order valence-electron chi connectivity index (χ4n) is 2.56. The second kappa shape index (κ2) is 5.84. The molecule has 3 nitrogen and oxygen atoms in total. The van der Waals surface area contributed by atoms with E-state index < -0.39 is 17.6 Å². The highest BCUT2D eigenvalue weighted by atomic mass is 35.5. The fraction of sp³-hybridized carbons (Fsp3) is 0.176.